The maximum absolute atomic E-state index is 13.7. The monoisotopic (exact) mass is 270 g/mol. The van der Waals surface area contributed by atoms with Crippen LogP contribution in [-0.4, -0.2) is 29.6 Å². The van der Waals surface area contributed by atoms with E-state index in [4.69, 9.17) is 5.73 Å². The van der Waals surface area contributed by atoms with E-state index in [1.165, 1.54) is 18.2 Å². The highest BCUT2D eigenvalue weighted by molar-refractivity contribution is 5.21. The highest BCUT2D eigenvalue weighted by Gasteiger charge is 2.32. The maximum Gasteiger partial charge on any atom is 0.129 e. The van der Waals surface area contributed by atoms with Crippen molar-refractivity contribution >= 4 is 0 Å². The van der Waals surface area contributed by atoms with Crippen LogP contribution in [0.1, 0.15) is 33.3 Å². The summed E-state index contributed by atoms with van der Waals surface area (Å²) >= 11 is 0. The number of halogens is 2. The molecule has 0 radical (unpaired) electrons. The number of hydrogen-bond donors (Lipinski definition) is 1. The average molecular weight is 270 g/mol. The van der Waals surface area contributed by atoms with E-state index in [1.54, 1.807) is 0 Å². The summed E-state index contributed by atoms with van der Waals surface area (Å²) in [7, 11) is 0. The van der Waals surface area contributed by atoms with Crippen molar-refractivity contribution in [3.8, 4) is 0 Å². The van der Waals surface area contributed by atoms with Gasteiger partial charge in [-0.25, -0.2) is 8.78 Å². The van der Waals surface area contributed by atoms with Gasteiger partial charge in [0.1, 0.15) is 11.6 Å². The molecular weight excluding hydrogens is 246 g/mol. The van der Waals surface area contributed by atoms with Crippen LogP contribution < -0.4 is 5.73 Å². The van der Waals surface area contributed by atoms with Crippen LogP contribution in [0.5, 0.6) is 0 Å². The summed E-state index contributed by atoms with van der Waals surface area (Å²) in [6, 6.07) is 3.58. The summed E-state index contributed by atoms with van der Waals surface area (Å²) in [5.41, 5.74) is 5.97. The van der Waals surface area contributed by atoms with E-state index < -0.39 is 11.6 Å². The van der Waals surface area contributed by atoms with Gasteiger partial charge in [0.15, 0.2) is 0 Å². The largest absolute Gasteiger partial charge is 0.326 e. The lowest BCUT2D eigenvalue weighted by molar-refractivity contribution is 0.106. The Morgan fingerprint density at radius 3 is 2.05 bits per heavy atom. The molecule has 0 fully saturated rings. The summed E-state index contributed by atoms with van der Waals surface area (Å²) < 4.78 is 27.3. The standard InChI is InChI=1S/C15H24F2N2/c1-5-19(6-2)15(3,4)14(18)10-11-12(16)8-7-9-13(11)17/h7-9,14H,5-6,10,18H2,1-4H3. The van der Waals surface area contributed by atoms with Crippen LogP contribution in [0.3, 0.4) is 0 Å². The van der Waals surface area contributed by atoms with E-state index in [9.17, 15) is 8.78 Å². The molecule has 1 unspecified atom stereocenters. The van der Waals surface area contributed by atoms with Crippen LogP contribution in [0.15, 0.2) is 18.2 Å². The lowest BCUT2D eigenvalue weighted by Crippen LogP contribution is -2.57. The number of nitrogens with zero attached hydrogens (tertiary/aromatic N) is 1. The molecule has 1 aromatic rings. The molecule has 4 heteroatoms. The minimum atomic E-state index is -0.522. The molecule has 1 aromatic carbocycles. The second-order valence-corrected chi connectivity index (χ2v) is 5.34. The van der Waals surface area contributed by atoms with Gasteiger partial charge in [-0.05, 0) is 45.5 Å². The minimum Gasteiger partial charge on any atom is -0.326 e. The zero-order valence-electron chi connectivity index (χ0n) is 12.2. The van der Waals surface area contributed by atoms with Gasteiger partial charge in [-0.2, -0.15) is 0 Å². The maximum atomic E-state index is 13.7. The average Bonchev–Trinajstić information content (AvgIpc) is 2.34. The number of likely N-dealkylation sites (N-methyl/N-ethyl adjacent to an activating group) is 1. The molecule has 0 aliphatic rings. The quantitative estimate of drug-likeness (QED) is 0.861. The molecule has 0 bridgehead atoms. The smallest absolute Gasteiger partial charge is 0.129 e. The van der Waals surface area contributed by atoms with Gasteiger partial charge in [-0.1, -0.05) is 19.9 Å². The molecule has 0 heterocycles. The van der Waals surface area contributed by atoms with Crippen molar-refractivity contribution in [1.29, 1.82) is 0 Å². The first kappa shape index (κ1) is 16.1. The zero-order chi connectivity index (χ0) is 14.6. The number of nitrogens with two attached hydrogens (primary N) is 1. The predicted octanol–water partition coefficient (Wildman–Crippen LogP) is 2.96. The fourth-order valence-electron chi connectivity index (χ4n) is 2.47. The first-order chi connectivity index (χ1) is 8.84. The van der Waals surface area contributed by atoms with Crippen molar-refractivity contribution in [1.82, 2.24) is 4.90 Å². The van der Waals surface area contributed by atoms with Crippen LogP contribution in [-0.2, 0) is 6.42 Å². The molecule has 0 aromatic heterocycles. The normalized spacial score (nSPS) is 13.9. The van der Waals surface area contributed by atoms with Gasteiger partial charge in [0.25, 0.3) is 0 Å². The van der Waals surface area contributed by atoms with Crippen LogP contribution in [0.4, 0.5) is 8.78 Å². The van der Waals surface area contributed by atoms with Crippen LogP contribution in [0, 0.1) is 11.6 Å². The third-order valence-corrected chi connectivity index (χ3v) is 3.97. The minimum absolute atomic E-state index is 0.0789. The summed E-state index contributed by atoms with van der Waals surface area (Å²) in [4.78, 5) is 2.20. The molecule has 108 valence electrons. The van der Waals surface area contributed by atoms with Crippen LogP contribution >= 0.6 is 0 Å². The Morgan fingerprint density at radius 1 is 1.16 bits per heavy atom. The highest BCUT2D eigenvalue weighted by Crippen LogP contribution is 2.22. The summed E-state index contributed by atoms with van der Waals surface area (Å²) in [5, 5.41) is 0. The lowest BCUT2D eigenvalue weighted by atomic mass is 9.88. The molecular formula is C15H24F2N2. The van der Waals surface area contributed by atoms with Gasteiger partial charge in [0.2, 0.25) is 0 Å². The second-order valence-electron chi connectivity index (χ2n) is 5.34. The molecule has 0 aliphatic carbocycles. The Balaban J connectivity index is 2.93. The molecule has 2 N–H and O–H groups in total. The predicted molar refractivity (Wildman–Crippen MR) is 75.0 cm³/mol. The van der Waals surface area contributed by atoms with Crippen molar-refractivity contribution in [2.75, 3.05) is 13.1 Å². The van der Waals surface area contributed by atoms with Gasteiger partial charge in [0, 0.05) is 17.1 Å². The van der Waals surface area contributed by atoms with Crippen molar-refractivity contribution in [3.05, 3.63) is 35.4 Å². The van der Waals surface area contributed by atoms with Gasteiger partial charge in [0.05, 0.1) is 0 Å². The Hall–Kier alpha value is -1.00. The molecule has 0 amide bonds. The van der Waals surface area contributed by atoms with E-state index in [0.29, 0.717) is 0 Å². The molecule has 1 atom stereocenters. The van der Waals surface area contributed by atoms with E-state index in [1.807, 2.05) is 13.8 Å². The lowest BCUT2D eigenvalue weighted by Gasteiger charge is -2.42. The Labute approximate surface area is 114 Å². The first-order valence-corrected chi connectivity index (χ1v) is 6.78. The Kier molecular flexibility index (Phi) is 5.44. The third kappa shape index (κ3) is 3.51. The van der Waals surface area contributed by atoms with Gasteiger partial charge < -0.3 is 5.73 Å². The molecule has 0 spiro atoms. The van der Waals surface area contributed by atoms with Crippen molar-refractivity contribution in [2.45, 2.75) is 45.7 Å². The highest BCUT2D eigenvalue weighted by atomic mass is 19.1. The fourth-order valence-corrected chi connectivity index (χ4v) is 2.47. The fraction of sp³-hybridized carbons (Fsp3) is 0.600. The Bertz CT molecular complexity index is 394. The molecule has 2 nitrogen and oxygen atoms in total. The van der Waals surface area contributed by atoms with Crippen molar-refractivity contribution in [3.63, 3.8) is 0 Å². The second kappa shape index (κ2) is 6.44. The van der Waals surface area contributed by atoms with Crippen molar-refractivity contribution < 1.29 is 8.78 Å². The first-order valence-electron chi connectivity index (χ1n) is 6.78. The zero-order valence-corrected chi connectivity index (χ0v) is 12.2. The molecule has 19 heavy (non-hydrogen) atoms. The van der Waals surface area contributed by atoms with E-state index in [-0.39, 0.29) is 23.6 Å². The summed E-state index contributed by atoms with van der Waals surface area (Å²) in [6.07, 6.45) is 0.196. The number of benzene rings is 1. The van der Waals surface area contributed by atoms with E-state index in [2.05, 4.69) is 18.7 Å². The van der Waals surface area contributed by atoms with E-state index in [0.717, 1.165) is 13.1 Å². The number of hydrogen-bond acceptors (Lipinski definition) is 2. The summed E-state index contributed by atoms with van der Waals surface area (Å²) in [5.74, 6) is -1.04. The summed E-state index contributed by atoms with van der Waals surface area (Å²) in [6.45, 7) is 9.87. The van der Waals surface area contributed by atoms with Crippen LogP contribution in [0.2, 0.25) is 0 Å². The van der Waals surface area contributed by atoms with Gasteiger partial charge in [-0.3, -0.25) is 4.90 Å². The SMILES string of the molecule is CCN(CC)C(C)(C)C(N)Cc1c(F)cccc1F. The van der Waals surface area contributed by atoms with E-state index >= 15 is 0 Å². The molecule has 1 rings (SSSR count). The van der Waals surface area contributed by atoms with Crippen LogP contribution in [0.25, 0.3) is 0 Å². The molecule has 0 saturated heterocycles. The topological polar surface area (TPSA) is 29.3 Å². The van der Waals surface area contributed by atoms with Gasteiger partial charge in [-0.15, -0.1) is 0 Å². The molecule has 0 aliphatic heterocycles. The van der Waals surface area contributed by atoms with Gasteiger partial charge >= 0.3 is 0 Å². The molecule has 0 saturated carbocycles. The van der Waals surface area contributed by atoms with Crippen molar-refractivity contribution in [2.24, 2.45) is 5.73 Å². The third-order valence-electron chi connectivity index (χ3n) is 3.97. The number of rotatable bonds is 6. The Morgan fingerprint density at radius 2 is 1.63 bits per heavy atom.